The number of rotatable bonds is 4. The van der Waals surface area contributed by atoms with Crippen LogP contribution in [0.4, 0.5) is 8.78 Å². The molecular formula is C12H12F2N2O2S. The molecule has 1 aromatic heterocycles. The van der Waals surface area contributed by atoms with Gasteiger partial charge in [-0.2, -0.15) is 0 Å². The molecule has 102 valence electrons. The van der Waals surface area contributed by atoms with E-state index in [4.69, 9.17) is 4.74 Å². The van der Waals surface area contributed by atoms with Crippen molar-refractivity contribution in [1.82, 2.24) is 9.97 Å². The maximum Gasteiger partial charge on any atom is 0.166 e. The van der Waals surface area contributed by atoms with Gasteiger partial charge in [0.15, 0.2) is 16.8 Å². The summed E-state index contributed by atoms with van der Waals surface area (Å²) >= 11 is 1.41. The van der Waals surface area contributed by atoms with Crippen molar-refractivity contribution in [3.8, 4) is 0 Å². The van der Waals surface area contributed by atoms with Crippen molar-refractivity contribution in [3.63, 3.8) is 0 Å². The molecule has 2 aromatic rings. The molecule has 2 heterocycles. The van der Waals surface area contributed by atoms with Crippen LogP contribution < -0.4 is 0 Å². The first-order valence-electron chi connectivity index (χ1n) is 5.78. The molecule has 1 aliphatic rings. The van der Waals surface area contributed by atoms with E-state index in [2.05, 4.69) is 9.97 Å². The van der Waals surface area contributed by atoms with Gasteiger partial charge in [-0.25, -0.2) is 13.8 Å². The molecule has 2 N–H and O–H groups in total. The number of nitrogens with one attached hydrogen (secondary N) is 1. The van der Waals surface area contributed by atoms with Gasteiger partial charge in [0.25, 0.3) is 0 Å². The maximum absolute atomic E-state index is 13.1. The van der Waals surface area contributed by atoms with Crippen LogP contribution in [0, 0.1) is 17.0 Å². The Kier molecular flexibility index (Phi) is 3.20. The Bertz CT molecular complexity index is 569. The van der Waals surface area contributed by atoms with Crippen molar-refractivity contribution in [3.05, 3.63) is 23.8 Å². The average Bonchev–Trinajstić information content (AvgIpc) is 2.71. The predicted octanol–water partition coefficient (Wildman–Crippen LogP) is 1.94. The van der Waals surface area contributed by atoms with Gasteiger partial charge >= 0.3 is 0 Å². The van der Waals surface area contributed by atoms with Crippen molar-refractivity contribution in [2.75, 3.05) is 25.6 Å². The number of hydrogen-bond acceptors (Lipinski definition) is 4. The standard InChI is InChI=1S/C12H12F2N2O2S/c13-7-1-9-10(2-8(7)14)16-11(15-9)19-6-12(3-17)4-18-5-12/h1-2,17H,3-6H2,(H,15,16). The van der Waals surface area contributed by atoms with Crippen LogP contribution in [0.15, 0.2) is 17.3 Å². The third-order valence-electron chi connectivity index (χ3n) is 3.17. The third kappa shape index (κ3) is 2.33. The topological polar surface area (TPSA) is 58.1 Å². The number of imidazole rings is 1. The van der Waals surface area contributed by atoms with Gasteiger partial charge in [0.1, 0.15) is 0 Å². The Morgan fingerprint density at radius 3 is 2.74 bits per heavy atom. The number of nitrogens with zero attached hydrogens (tertiary/aromatic N) is 1. The van der Waals surface area contributed by atoms with Gasteiger partial charge in [0.2, 0.25) is 0 Å². The van der Waals surface area contributed by atoms with E-state index in [1.165, 1.54) is 11.8 Å². The fourth-order valence-corrected chi connectivity index (χ4v) is 2.93. The van der Waals surface area contributed by atoms with E-state index in [1.54, 1.807) is 0 Å². The van der Waals surface area contributed by atoms with Gasteiger partial charge < -0.3 is 14.8 Å². The summed E-state index contributed by atoms with van der Waals surface area (Å²) in [7, 11) is 0. The number of aromatic nitrogens is 2. The van der Waals surface area contributed by atoms with Crippen molar-refractivity contribution >= 4 is 22.8 Å². The first-order valence-corrected chi connectivity index (χ1v) is 6.77. The van der Waals surface area contributed by atoms with E-state index in [0.717, 1.165) is 12.1 Å². The van der Waals surface area contributed by atoms with E-state index in [1.807, 2.05) is 0 Å². The van der Waals surface area contributed by atoms with Crippen LogP contribution in [0.1, 0.15) is 0 Å². The Morgan fingerprint density at radius 2 is 2.11 bits per heavy atom. The minimum Gasteiger partial charge on any atom is -0.396 e. The molecule has 0 unspecified atom stereocenters. The van der Waals surface area contributed by atoms with Crippen LogP contribution in [0.5, 0.6) is 0 Å². The highest BCUT2D eigenvalue weighted by atomic mass is 32.2. The second kappa shape index (κ2) is 4.73. The average molecular weight is 286 g/mol. The number of fused-ring (bicyclic) bond motifs is 1. The molecule has 0 bridgehead atoms. The molecule has 1 aliphatic heterocycles. The Morgan fingerprint density at radius 1 is 1.37 bits per heavy atom. The molecule has 0 atom stereocenters. The molecule has 0 spiro atoms. The van der Waals surface area contributed by atoms with Crippen molar-refractivity contribution < 1.29 is 18.6 Å². The lowest BCUT2D eigenvalue weighted by molar-refractivity contribution is -0.121. The van der Waals surface area contributed by atoms with Crippen molar-refractivity contribution in [2.24, 2.45) is 5.41 Å². The highest BCUT2D eigenvalue weighted by Crippen LogP contribution is 2.33. The van der Waals surface area contributed by atoms with Gasteiger partial charge in [0, 0.05) is 23.3 Å². The number of halogens is 2. The minimum absolute atomic E-state index is 0.0590. The quantitative estimate of drug-likeness (QED) is 0.843. The van der Waals surface area contributed by atoms with Crippen LogP contribution in [0.3, 0.4) is 0 Å². The van der Waals surface area contributed by atoms with Gasteiger partial charge in [-0.1, -0.05) is 11.8 Å². The Balaban J connectivity index is 1.78. The zero-order valence-electron chi connectivity index (χ0n) is 9.95. The summed E-state index contributed by atoms with van der Waals surface area (Å²) in [5.74, 6) is -1.16. The smallest absolute Gasteiger partial charge is 0.166 e. The van der Waals surface area contributed by atoms with E-state index in [-0.39, 0.29) is 12.0 Å². The van der Waals surface area contributed by atoms with Crippen molar-refractivity contribution in [2.45, 2.75) is 5.16 Å². The molecule has 1 fully saturated rings. The minimum atomic E-state index is -0.908. The molecule has 7 heteroatoms. The van der Waals surface area contributed by atoms with Crippen LogP contribution in [-0.2, 0) is 4.74 Å². The van der Waals surface area contributed by atoms with Crippen LogP contribution in [0.25, 0.3) is 11.0 Å². The van der Waals surface area contributed by atoms with Crippen LogP contribution >= 0.6 is 11.8 Å². The van der Waals surface area contributed by atoms with Crippen LogP contribution in [-0.4, -0.2) is 40.6 Å². The highest BCUT2D eigenvalue weighted by Gasteiger charge is 2.38. The monoisotopic (exact) mass is 286 g/mol. The first-order chi connectivity index (χ1) is 9.12. The van der Waals surface area contributed by atoms with E-state index < -0.39 is 11.6 Å². The third-order valence-corrected chi connectivity index (χ3v) is 4.39. The number of thioether (sulfide) groups is 1. The molecule has 0 amide bonds. The lowest BCUT2D eigenvalue weighted by Crippen LogP contribution is -2.47. The lowest BCUT2D eigenvalue weighted by atomic mass is 9.90. The SMILES string of the molecule is OCC1(CSc2nc3cc(F)c(F)cc3[nH]2)COC1. The fourth-order valence-electron chi connectivity index (χ4n) is 1.88. The highest BCUT2D eigenvalue weighted by molar-refractivity contribution is 7.99. The Labute approximate surface area is 112 Å². The predicted molar refractivity (Wildman–Crippen MR) is 67.1 cm³/mol. The van der Waals surface area contributed by atoms with Gasteiger partial charge in [0.05, 0.1) is 30.9 Å². The summed E-state index contributed by atoms with van der Waals surface area (Å²) < 4.78 is 31.2. The summed E-state index contributed by atoms with van der Waals surface area (Å²) in [4.78, 5) is 7.12. The lowest BCUT2D eigenvalue weighted by Gasteiger charge is -2.39. The number of aromatic amines is 1. The van der Waals surface area contributed by atoms with Crippen molar-refractivity contribution in [1.29, 1.82) is 0 Å². The summed E-state index contributed by atoms with van der Waals surface area (Å²) in [5.41, 5.74) is 0.633. The number of benzene rings is 1. The zero-order chi connectivity index (χ0) is 13.5. The van der Waals surface area contributed by atoms with E-state index >= 15 is 0 Å². The molecule has 0 aliphatic carbocycles. The molecular weight excluding hydrogens is 274 g/mol. The van der Waals surface area contributed by atoms with Gasteiger partial charge in [-0.3, -0.25) is 0 Å². The Hall–Kier alpha value is -1.18. The molecule has 0 radical (unpaired) electrons. The number of aliphatic hydroxyl groups excluding tert-OH is 1. The maximum atomic E-state index is 13.1. The molecule has 1 saturated heterocycles. The second-order valence-corrected chi connectivity index (χ2v) is 5.73. The van der Waals surface area contributed by atoms with Gasteiger partial charge in [-0.05, 0) is 0 Å². The summed E-state index contributed by atoms with van der Waals surface area (Å²) in [6.45, 7) is 1.11. The summed E-state index contributed by atoms with van der Waals surface area (Å²) in [6, 6.07) is 2.16. The fraction of sp³-hybridized carbons (Fsp3) is 0.417. The van der Waals surface area contributed by atoms with Crippen LogP contribution in [0.2, 0.25) is 0 Å². The number of aliphatic hydroxyl groups is 1. The molecule has 3 rings (SSSR count). The summed E-state index contributed by atoms with van der Waals surface area (Å²) in [5, 5.41) is 9.89. The molecule has 19 heavy (non-hydrogen) atoms. The second-order valence-electron chi connectivity index (χ2n) is 4.77. The van der Waals surface area contributed by atoms with Gasteiger partial charge in [-0.15, -0.1) is 0 Å². The number of H-pyrrole nitrogens is 1. The zero-order valence-corrected chi connectivity index (χ0v) is 10.8. The normalized spacial score (nSPS) is 17.6. The number of ether oxygens (including phenoxy) is 1. The van der Waals surface area contributed by atoms with E-state index in [0.29, 0.717) is 35.2 Å². The molecule has 1 aromatic carbocycles. The summed E-state index contributed by atoms with van der Waals surface area (Å²) in [6.07, 6.45) is 0. The largest absolute Gasteiger partial charge is 0.396 e. The number of hydrogen-bond donors (Lipinski definition) is 2. The molecule has 4 nitrogen and oxygen atoms in total. The van der Waals surface area contributed by atoms with E-state index in [9.17, 15) is 13.9 Å². The first kappa shape index (κ1) is 12.8. The molecule has 0 saturated carbocycles.